The molecule has 0 aromatic carbocycles. The highest BCUT2D eigenvalue weighted by atomic mass is 16.5. The minimum Gasteiger partial charge on any atom is -0.462 e. The molecule has 6 saturated carbocycles. The van der Waals surface area contributed by atoms with Crippen LogP contribution in [0.1, 0.15) is 52.9 Å². The second-order valence-corrected chi connectivity index (χ2v) is 11.7. The van der Waals surface area contributed by atoms with Crippen molar-refractivity contribution in [1.82, 2.24) is 4.90 Å². The molecular weight excluding hydrogens is 366 g/mol. The molecule has 3 heterocycles. The van der Waals surface area contributed by atoms with Crippen LogP contribution >= 0.6 is 0 Å². The minimum atomic E-state index is -0.181. The van der Waals surface area contributed by atoms with Crippen LogP contribution in [-0.2, 0) is 19.1 Å². The molecule has 3 saturated heterocycles. The Morgan fingerprint density at radius 3 is 2.66 bits per heavy atom. The summed E-state index contributed by atoms with van der Waals surface area (Å²) in [6, 6.07) is 1.04. The molecule has 3 unspecified atom stereocenters. The number of ether oxygens (including phenoxy) is 2. The topological polar surface area (TPSA) is 55.8 Å². The predicted octanol–water partition coefficient (Wildman–Crippen LogP) is 2.93. The van der Waals surface area contributed by atoms with Crippen molar-refractivity contribution in [2.45, 2.75) is 77.2 Å². The van der Waals surface area contributed by atoms with E-state index in [2.05, 4.69) is 18.4 Å². The third-order valence-electron chi connectivity index (χ3n) is 10.9. The molecule has 6 aliphatic carbocycles. The van der Waals surface area contributed by atoms with Crippen molar-refractivity contribution in [3.05, 3.63) is 12.2 Å². The Bertz CT molecular complexity index is 884. The van der Waals surface area contributed by atoms with Gasteiger partial charge in [-0.2, -0.15) is 0 Å². The number of hydrogen-bond acceptors (Lipinski definition) is 5. The molecule has 0 amide bonds. The van der Waals surface area contributed by atoms with Crippen molar-refractivity contribution in [3.63, 3.8) is 0 Å². The van der Waals surface area contributed by atoms with Crippen LogP contribution in [0, 0.1) is 39.9 Å². The summed E-state index contributed by atoms with van der Waals surface area (Å²) >= 11 is 0. The van der Waals surface area contributed by atoms with Gasteiger partial charge in [0.2, 0.25) is 0 Å². The van der Waals surface area contributed by atoms with E-state index in [1.807, 2.05) is 0 Å². The van der Waals surface area contributed by atoms with E-state index in [1.54, 1.807) is 13.8 Å². The largest absolute Gasteiger partial charge is 0.462 e. The summed E-state index contributed by atoms with van der Waals surface area (Å²) < 4.78 is 12.2. The summed E-state index contributed by atoms with van der Waals surface area (Å²) in [5, 5.41) is 0. The maximum absolute atomic E-state index is 12.1. The van der Waals surface area contributed by atoms with Crippen molar-refractivity contribution in [2.24, 2.45) is 39.9 Å². The number of fused-ring (bicyclic) bond motifs is 1. The number of esters is 2. The lowest BCUT2D eigenvalue weighted by molar-refractivity contribution is -0.213. The van der Waals surface area contributed by atoms with Crippen molar-refractivity contribution in [2.75, 3.05) is 6.54 Å². The summed E-state index contributed by atoms with van der Waals surface area (Å²) in [5.41, 5.74) is 1.57. The highest BCUT2D eigenvalue weighted by molar-refractivity contribution is 5.67. The fourth-order valence-electron chi connectivity index (χ4n) is 11.0. The van der Waals surface area contributed by atoms with Gasteiger partial charge in [0, 0.05) is 43.3 Å². The average molecular weight is 398 g/mol. The normalized spacial score (nSPS) is 61.9. The molecule has 5 nitrogen and oxygen atoms in total. The number of rotatable bonds is 2. The Labute approximate surface area is 172 Å². The molecule has 0 aromatic heterocycles. The Morgan fingerprint density at radius 1 is 1.17 bits per heavy atom. The van der Waals surface area contributed by atoms with Gasteiger partial charge in [-0.25, -0.2) is 0 Å². The summed E-state index contributed by atoms with van der Waals surface area (Å²) in [5.74, 6) is 1.77. The van der Waals surface area contributed by atoms with E-state index < -0.39 is 0 Å². The van der Waals surface area contributed by atoms with Gasteiger partial charge in [0.05, 0.1) is 0 Å². The van der Waals surface area contributed by atoms with Crippen LogP contribution in [0.25, 0.3) is 0 Å². The monoisotopic (exact) mass is 397 g/mol. The number of nitrogens with zero attached hydrogens (tertiary/aromatic N) is 1. The van der Waals surface area contributed by atoms with Crippen molar-refractivity contribution >= 4 is 11.9 Å². The Morgan fingerprint density at radius 2 is 1.93 bits per heavy atom. The number of carbonyl (C=O) groups excluding carboxylic acids is 2. The van der Waals surface area contributed by atoms with Gasteiger partial charge in [0.25, 0.3) is 0 Å². The second kappa shape index (κ2) is 4.76. The lowest BCUT2D eigenvalue weighted by Gasteiger charge is -2.65. The second-order valence-electron chi connectivity index (χ2n) is 11.7. The smallest absolute Gasteiger partial charge is 0.303 e. The van der Waals surface area contributed by atoms with Crippen molar-refractivity contribution in [1.29, 1.82) is 0 Å². The van der Waals surface area contributed by atoms with E-state index in [0.717, 1.165) is 31.3 Å². The van der Waals surface area contributed by atoms with Gasteiger partial charge in [-0.1, -0.05) is 13.5 Å². The number of piperidine rings is 2. The third kappa shape index (κ3) is 1.54. The molecule has 0 radical (unpaired) electrons. The zero-order chi connectivity index (χ0) is 20.1. The first-order valence-corrected chi connectivity index (χ1v) is 11.5. The van der Waals surface area contributed by atoms with Gasteiger partial charge in [0.15, 0.2) is 0 Å². The molecule has 2 spiro atoms. The fraction of sp³-hybridized carbons (Fsp3) is 0.833. The highest BCUT2D eigenvalue weighted by Gasteiger charge is 2.90. The number of hydrogen-bond donors (Lipinski definition) is 0. The lowest BCUT2D eigenvalue weighted by atomic mass is 9.39. The maximum Gasteiger partial charge on any atom is 0.303 e. The first-order chi connectivity index (χ1) is 13.7. The zero-order valence-corrected chi connectivity index (χ0v) is 17.6. The number of carbonyl (C=O) groups is 2. The van der Waals surface area contributed by atoms with Gasteiger partial charge in [-0.3, -0.25) is 14.5 Å². The average Bonchev–Trinajstić information content (AvgIpc) is 3.05. The maximum atomic E-state index is 12.1. The first-order valence-electron chi connectivity index (χ1n) is 11.5. The van der Waals surface area contributed by atoms with Crippen LogP contribution in [0.3, 0.4) is 0 Å². The molecule has 9 bridgehead atoms. The predicted molar refractivity (Wildman–Crippen MR) is 105 cm³/mol. The highest BCUT2D eigenvalue weighted by Crippen LogP contribution is 2.87. The first kappa shape index (κ1) is 17.3. The molecule has 12 atom stereocenters. The molecule has 0 aromatic rings. The van der Waals surface area contributed by atoms with Crippen LogP contribution in [0.4, 0.5) is 0 Å². The van der Waals surface area contributed by atoms with Gasteiger partial charge in [-0.05, 0) is 66.8 Å². The van der Waals surface area contributed by atoms with Gasteiger partial charge < -0.3 is 9.47 Å². The zero-order valence-electron chi connectivity index (χ0n) is 17.6. The summed E-state index contributed by atoms with van der Waals surface area (Å²) in [6.45, 7) is 11.3. The van der Waals surface area contributed by atoms with E-state index in [1.165, 1.54) is 13.0 Å². The Hall–Kier alpha value is -1.36. The van der Waals surface area contributed by atoms with E-state index in [4.69, 9.17) is 9.47 Å². The van der Waals surface area contributed by atoms with Crippen molar-refractivity contribution < 1.29 is 19.1 Å². The summed E-state index contributed by atoms with van der Waals surface area (Å²) in [6.07, 6.45) is 5.50. The van der Waals surface area contributed by atoms with Crippen LogP contribution in [0.5, 0.6) is 0 Å². The summed E-state index contributed by atoms with van der Waals surface area (Å²) in [4.78, 5) is 27.1. The minimum absolute atomic E-state index is 0.0147. The Balaban J connectivity index is 1.45. The SMILES string of the molecule is C=C1[C@@H]2CC3[C@]4(CC5[C@H]6[C@@]7(C)CC[C@@H](OC(C)=O)[C@@]36[C@@H]([C@@H]4C2)N5C7)[C@H]1OC(C)=O. The molecule has 9 rings (SSSR count). The molecule has 3 aliphatic heterocycles. The molecule has 0 N–H and O–H groups in total. The molecule has 156 valence electrons. The molecule has 29 heavy (non-hydrogen) atoms. The van der Waals surface area contributed by atoms with Crippen LogP contribution in [0.2, 0.25) is 0 Å². The van der Waals surface area contributed by atoms with Gasteiger partial charge >= 0.3 is 11.9 Å². The van der Waals surface area contributed by atoms with Crippen molar-refractivity contribution in [3.8, 4) is 0 Å². The molecule has 5 heteroatoms. The van der Waals surface area contributed by atoms with Crippen LogP contribution in [0.15, 0.2) is 12.2 Å². The van der Waals surface area contributed by atoms with E-state index in [0.29, 0.717) is 41.2 Å². The van der Waals surface area contributed by atoms with Crippen LogP contribution in [-0.4, -0.2) is 47.7 Å². The van der Waals surface area contributed by atoms with E-state index >= 15 is 0 Å². The molecular formula is C24H31NO4. The Kier molecular flexibility index (Phi) is 2.85. The third-order valence-corrected chi connectivity index (χ3v) is 10.9. The van der Waals surface area contributed by atoms with Gasteiger partial charge in [0.1, 0.15) is 12.2 Å². The fourth-order valence-corrected chi connectivity index (χ4v) is 11.0. The quantitative estimate of drug-likeness (QED) is 0.530. The van der Waals surface area contributed by atoms with E-state index in [-0.39, 0.29) is 35.0 Å². The standard InChI is InChI=1S/C24H31NO4/c1-11-14-7-15-20-24-17(8-14)23(15,21(11)29-13(3)27)9-16-19(24)22(4,10-25(16)20)6-5-18(24)28-12(2)26/h14-21H,1,5-10H2,2-4H3/t14-,15-,16?,17?,18+,19-,20+,21-,22-,23+,24-/m0/s1. The summed E-state index contributed by atoms with van der Waals surface area (Å²) in [7, 11) is 0. The van der Waals surface area contributed by atoms with Gasteiger partial charge in [-0.15, -0.1) is 0 Å². The molecule has 9 aliphatic rings. The lowest BCUT2D eigenvalue weighted by Crippen LogP contribution is -2.66. The van der Waals surface area contributed by atoms with E-state index in [9.17, 15) is 9.59 Å². The van der Waals surface area contributed by atoms with Crippen LogP contribution < -0.4 is 0 Å². The molecule has 9 fully saturated rings.